The molecule has 1 heterocycles. The van der Waals surface area contributed by atoms with Crippen LogP contribution in [-0.2, 0) is 11.8 Å². The van der Waals surface area contributed by atoms with E-state index in [1.54, 1.807) is 0 Å². The lowest BCUT2D eigenvalue weighted by molar-refractivity contribution is -0.113. The molecular formula is C20H20ClN3OS. The highest BCUT2D eigenvalue weighted by Gasteiger charge is 2.12. The number of hydrogen-bond donors (Lipinski definition) is 1. The van der Waals surface area contributed by atoms with Gasteiger partial charge in [-0.05, 0) is 48.7 Å². The highest BCUT2D eigenvalue weighted by atomic mass is 35.5. The number of aryl methyl sites for hydroxylation is 2. The van der Waals surface area contributed by atoms with Gasteiger partial charge in [0.15, 0.2) is 5.16 Å². The van der Waals surface area contributed by atoms with Crippen molar-refractivity contribution in [3.05, 3.63) is 64.8 Å². The molecule has 0 unspecified atom stereocenters. The summed E-state index contributed by atoms with van der Waals surface area (Å²) >= 11 is 7.36. The molecule has 0 atom stereocenters. The van der Waals surface area contributed by atoms with Crippen LogP contribution < -0.4 is 5.32 Å². The largest absolute Gasteiger partial charge is 0.325 e. The highest BCUT2D eigenvalue weighted by molar-refractivity contribution is 7.99. The number of rotatable bonds is 5. The van der Waals surface area contributed by atoms with E-state index >= 15 is 0 Å². The van der Waals surface area contributed by atoms with Crippen molar-refractivity contribution in [3.8, 4) is 11.3 Å². The SMILES string of the molecule is Cc1ccc(C)c(NC(=O)CSc2ncc(-c3ccc(Cl)cc3)n2C)c1. The van der Waals surface area contributed by atoms with Gasteiger partial charge >= 0.3 is 0 Å². The molecular weight excluding hydrogens is 366 g/mol. The van der Waals surface area contributed by atoms with Crippen molar-refractivity contribution in [2.45, 2.75) is 19.0 Å². The second-order valence-corrected chi connectivity index (χ2v) is 7.53. The maximum Gasteiger partial charge on any atom is 0.234 e. The van der Waals surface area contributed by atoms with Gasteiger partial charge in [-0.3, -0.25) is 4.79 Å². The Morgan fingerprint density at radius 2 is 1.92 bits per heavy atom. The van der Waals surface area contributed by atoms with Crippen LogP contribution in [0.2, 0.25) is 5.02 Å². The Balaban J connectivity index is 1.65. The number of aromatic nitrogens is 2. The Bertz CT molecular complexity index is 935. The maximum atomic E-state index is 12.3. The summed E-state index contributed by atoms with van der Waals surface area (Å²) in [7, 11) is 1.95. The Morgan fingerprint density at radius 1 is 1.19 bits per heavy atom. The first-order chi connectivity index (χ1) is 12.4. The van der Waals surface area contributed by atoms with Gasteiger partial charge in [-0.15, -0.1) is 0 Å². The van der Waals surface area contributed by atoms with Crippen molar-refractivity contribution in [1.82, 2.24) is 9.55 Å². The lowest BCUT2D eigenvalue weighted by atomic mass is 10.1. The zero-order valence-electron chi connectivity index (χ0n) is 14.9. The van der Waals surface area contributed by atoms with E-state index in [2.05, 4.69) is 10.3 Å². The molecule has 0 aliphatic carbocycles. The number of imidazole rings is 1. The molecule has 26 heavy (non-hydrogen) atoms. The number of nitrogens with zero attached hydrogens (tertiary/aromatic N) is 2. The molecule has 1 N–H and O–H groups in total. The molecule has 0 fully saturated rings. The van der Waals surface area contributed by atoms with Gasteiger partial charge in [0.05, 0.1) is 17.6 Å². The van der Waals surface area contributed by atoms with Crippen molar-refractivity contribution in [2.75, 3.05) is 11.1 Å². The van der Waals surface area contributed by atoms with Gasteiger partial charge in [-0.1, -0.05) is 47.6 Å². The quantitative estimate of drug-likeness (QED) is 0.622. The molecule has 0 aliphatic heterocycles. The second-order valence-electron chi connectivity index (χ2n) is 6.15. The Morgan fingerprint density at radius 3 is 2.65 bits per heavy atom. The number of thioether (sulfide) groups is 1. The molecule has 4 nitrogen and oxygen atoms in total. The lowest BCUT2D eigenvalue weighted by Gasteiger charge is -2.09. The molecule has 0 spiro atoms. The topological polar surface area (TPSA) is 46.9 Å². The molecule has 0 aliphatic rings. The average Bonchev–Trinajstić information content (AvgIpc) is 2.98. The van der Waals surface area contributed by atoms with E-state index in [9.17, 15) is 4.79 Å². The minimum absolute atomic E-state index is 0.0419. The smallest absolute Gasteiger partial charge is 0.234 e. The first kappa shape index (κ1) is 18.5. The molecule has 134 valence electrons. The second kappa shape index (κ2) is 7.98. The molecule has 0 saturated heterocycles. The van der Waals surface area contributed by atoms with Gasteiger partial charge in [0.2, 0.25) is 5.91 Å². The number of nitrogens with one attached hydrogen (secondary N) is 1. The molecule has 3 rings (SSSR count). The van der Waals surface area contributed by atoms with Gasteiger partial charge in [-0.2, -0.15) is 0 Å². The molecule has 0 bridgehead atoms. The highest BCUT2D eigenvalue weighted by Crippen LogP contribution is 2.26. The molecule has 3 aromatic rings. The van der Waals surface area contributed by atoms with Gasteiger partial charge < -0.3 is 9.88 Å². The Labute approximate surface area is 162 Å². The third kappa shape index (κ3) is 4.29. The van der Waals surface area contributed by atoms with Gasteiger partial charge in [-0.25, -0.2) is 4.98 Å². The number of amides is 1. The summed E-state index contributed by atoms with van der Waals surface area (Å²) in [6, 6.07) is 13.7. The number of halogens is 1. The molecule has 1 amide bonds. The predicted octanol–water partition coefficient (Wildman–Crippen LogP) is 5.09. The van der Waals surface area contributed by atoms with Crippen molar-refractivity contribution in [3.63, 3.8) is 0 Å². The standard InChI is InChI=1S/C20H20ClN3OS/c1-13-4-5-14(2)17(10-13)23-19(25)12-26-20-22-11-18(24(20)3)15-6-8-16(21)9-7-15/h4-11H,12H2,1-3H3,(H,23,25). The van der Waals surface area contributed by atoms with E-state index in [0.29, 0.717) is 10.8 Å². The van der Waals surface area contributed by atoms with Crippen molar-refractivity contribution < 1.29 is 4.79 Å². The number of benzene rings is 2. The van der Waals surface area contributed by atoms with Crippen LogP contribution in [0.5, 0.6) is 0 Å². The van der Waals surface area contributed by atoms with Crippen LogP contribution in [0.3, 0.4) is 0 Å². The summed E-state index contributed by atoms with van der Waals surface area (Å²) in [6.07, 6.45) is 1.81. The van der Waals surface area contributed by atoms with E-state index in [1.807, 2.05) is 74.1 Å². The Kier molecular flexibility index (Phi) is 5.69. The van der Waals surface area contributed by atoms with Crippen molar-refractivity contribution >= 4 is 35.0 Å². The molecule has 0 saturated carbocycles. The zero-order chi connectivity index (χ0) is 18.7. The number of hydrogen-bond acceptors (Lipinski definition) is 3. The van der Waals surface area contributed by atoms with Gasteiger partial charge in [0.1, 0.15) is 0 Å². The average molecular weight is 386 g/mol. The lowest BCUT2D eigenvalue weighted by Crippen LogP contribution is -2.15. The summed E-state index contributed by atoms with van der Waals surface area (Å²) in [5, 5.41) is 4.47. The van der Waals surface area contributed by atoms with E-state index in [1.165, 1.54) is 11.8 Å². The normalized spacial score (nSPS) is 10.8. The number of carbonyl (C=O) groups excluding carboxylic acids is 1. The first-order valence-electron chi connectivity index (χ1n) is 8.21. The van der Waals surface area contributed by atoms with E-state index in [0.717, 1.165) is 33.2 Å². The minimum atomic E-state index is -0.0419. The fourth-order valence-corrected chi connectivity index (χ4v) is 3.48. The summed E-state index contributed by atoms with van der Waals surface area (Å²) in [4.78, 5) is 16.7. The maximum absolute atomic E-state index is 12.3. The van der Waals surface area contributed by atoms with Gasteiger partial charge in [0.25, 0.3) is 0 Å². The first-order valence-corrected chi connectivity index (χ1v) is 9.58. The Hall–Kier alpha value is -2.24. The molecule has 2 aromatic carbocycles. The van der Waals surface area contributed by atoms with Gasteiger partial charge in [0, 0.05) is 17.8 Å². The van der Waals surface area contributed by atoms with E-state index in [4.69, 9.17) is 11.6 Å². The summed E-state index contributed by atoms with van der Waals surface area (Å²) in [5.41, 5.74) is 5.05. The van der Waals surface area contributed by atoms with Crippen LogP contribution >= 0.6 is 23.4 Å². The van der Waals surface area contributed by atoms with E-state index in [-0.39, 0.29) is 5.91 Å². The minimum Gasteiger partial charge on any atom is -0.325 e. The van der Waals surface area contributed by atoms with Crippen LogP contribution in [0.1, 0.15) is 11.1 Å². The van der Waals surface area contributed by atoms with Crippen LogP contribution in [0, 0.1) is 13.8 Å². The summed E-state index contributed by atoms with van der Waals surface area (Å²) < 4.78 is 1.99. The van der Waals surface area contributed by atoms with Crippen LogP contribution in [0.25, 0.3) is 11.3 Å². The third-order valence-electron chi connectivity index (χ3n) is 4.09. The fourth-order valence-electron chi connectivity index (χ4n) is 2.60. The summed E-state index contributed by atoms with van der Waals surface area (Å²) in [6.45, 7) is 4.00. The number of anilines is 1. The van der Waals surface area contributed by atoms with Crippen LogP contribution in [-0.4, -0.2) is 21.2 Å². The monoisotopic (exact) mass is 385 g/mol. The fraction of sp³-hybridized carbons (Fsp3) is 0.200. The van der Waals surface area contributed by atoms with Crippen molar-refractivity contribution in [1.29, 1.82) is 0 Å². The summed E-state index contributed by atoms with van der Waals surface area (Å²) in [5.74, 6) is 0.262. The zero-order valence-corrected chi connectivity index (χ0v) is 16.5. The molecule has 6 heteroatoms. The molecule has 0 radical (unpaired) electrons. The third-order valence-corrected chi connectivity index (χ3v) is 5.38. The van der Waals surface area contributed by atoms with Crippen LogP contribution in [0.4, 0.5) is 5.69 Å². The van der Waals surface area contributed by atoms with Crippen molar-refractivity contribution in [2.24, 2.45) is 7.05 Å². The number of carbonyl (C=O) groups is 1. The molecule has 1 aromatic heterocycles. The van der Waals surface area contributed by atoms with E-state index < -0.39 is 0 Å². The van der Waals surface area contributed by atoms with Crippen LogP contribution in [0.15, 0.2) is 53.8 Å². The predicted molar refractivity (Wildman–Crippen MR) is 109 cm³/mol.